The third kappa shape index (κ3) is 1.46. The lowest BCUT2D eigenvalue weighted by Gasteiger charge is -2.03. The number of rotatable bonds is 2. The van der Waals surface area contributed by atoms with E-state index in [4.69, 9.17) is 10.6 Å². The van der Waals surface area contributed by atoms with Crippen LogP contribution >= 0.6 is 0 Å². The maximum atomic E-state index is 11.1. The van der Waals surface area contributed by atoms with Gasteiger partial charge in [0.05, 0.1) is 5.71 Å². The van der Waals surface area contributed by atoms with Gasteiger partial charge in [-0.1, -0.05) is 23.4 Å². The molecule has 1 heterocycles. The van der Waals surface area contributed by atoms with Crippen LogP contribution in [-0.4, -0.2) is 18.2 Å². The molecule has 0 bridgehead atoms. The Kier molecular flexibility index (Phi) is 2.18. The molecule has 2 rings (SSSR count). The fraction of sp³-hybridized carbons (Fsp3) is 0.200. The zero-order valence-electron chi connectivity index (χ0n) is 7.56. The molecule has 0 aliphatic carbocycles. The summed E-state index contributed by atoms with van der Waals surface area (Å²) in [7, 11) is 0. The van der Waals surface area contributed by atoms with Crippen LogP contribution in [0.2, 0.25) is 0 Å². The molecule has 1 aliphatic heterocycles. The first-order valence-electron chi connectivity index (χ1n) is 4.37. The topological polar surface area (TPSA) is 64.7 Å². The van der Waals surface area contributed by atoms with Gasteiger partial charge in [0.15, 0.2) is 0 Å². The second-order valence-corrected chi connectivity index (χ2v) is 3.03. The van der Waals surface area contributed by atoms with Crippen molar-refractivity contribution in [3.63, 3.8) is 0 Å². The Morgan fingerprint density at radius 2 is 2.21 bits per heavy atom. The summed E-state index contributed by atoms with van der Waals surface area (Å²) in [6, 6.07) is 7.15. The van der Waals surface area contributed by atoms with Crippen LogP contribution in [0, 0.1) is 0 Å². The molecule has 0 atom stereocenters. The SMILES string of the molecule is NC(=O)c1ccccc1C1=NOCC1. The predicted molar refractivity (Wildman–Crippen MR) is 52.1 cm³/mol. The summed E-state index contributed by atoms with van der Waals surface area (Å²) in [4.78, 5) is 16.0. The second kappa shape index (κ2) is 3.49. The van der Waals surface area contributed by atoms with Gasteiger partial charge >= 0.3 is 0 Å². The number of hydrogen-bond acceptors (Lipinski definition) is 3. The van der Waals surface area contributed by atoms with Gasteiger partial charge < -0.3 is 10.6 Å². The highest BCUT2D eigenvalue weighted by atomic mass is 16.6. The quantitative estimate of drug-likeness (QED) is 0.753. The van der Waals surface area contributed by atoms with Crippen LogP contribution in [0.15, 0.2) is 29.4 Å². The molecule has 4 nitrogen and oxygen atoms in total. The fourth-order valence-electron chi connectivity index (χ4n) is 1.44. The summed E-state index contributed by atoms with van der Waals surface area (Å²) >= 11 is 0. The van der Waals surface area contributed by atoms with Crippen molar-refractivity contribution in [3.05, 3.63) is 35.4 Å². The Morgan fingerprint density at radius 1 is 1.43 bits per heavy atom. The van der Waals surface area contributed by atoms with Crippen LogP contribution in [0.4, 0.5) is 0 Å². The number of benzene rings is 1. The molecule has 0 radical (unpaired) electrons. The number of primary amides is 1. The van der Waals surface area contributed by atoms with Gasteiger partial charge in [-0.2, -0.15) is 0 Å². The van der Waals surface area contributed by atoms with Gasteiger partial charge in [-0.25, -0.2) is 0 Å². The van der Waals surface area contributed by atoms with Crippen LogP contribution in [0.3, 0.4) is 0 Å². The Labute approximate surface area is 81.3 Å². The number of nitrogens with zero attached hydrogens (tertiary/aromatic N) is 1. The lowest BCUT2D eigenvalue weighted by Crippen LogP contribution is -2.15. The number of hydrogen-bond donors (Lipinski definition) is 1. The second-order valence-electron chi connectivity index (χ2n) is 3.03. The van der Waals surface area contributed by atoms with Crippen LogP contribution in [0.25, 0.3) is 0 Å². The Hall–Kier alpha value is -1.84. The van der Waals surface area contributed by atoms with Crippen molar-refractivity contribution in [2.75, 3.05) is 6.61 Å². The van der Waals surface area contributed by atoms with Crippen LogP contribution in [-0.2, 0) is 4.84 Å². The summed E-state index contributed by atoms with van der Waals surface area (Å²) in [6.07, 6.45) is 0.726. The number of carbonyl (C=O) groups is 1. The summed E-state index contributed by atoms with van der Waals surface area (Å²) < 4.78 is 0. The first kappa shape index (κ1) is 8.74. The first-order chi connectivity index (χ1) is 6.79. The number of nitrogens with two attached hydrogens (primary N) is 1. The highest BCUT2D eigenvalue weighted by molar-refractivity contribution is 6.10. The van der Waals surface area contributed by atoms with Gasteiger partial charge in [0.2, 0.25) is 5.91 Å². The molecular weight excluding hydrogens is 180 g/mol. The Balaban J connectivity index is 2.46. The van der Waals surface area contributed by atoms with Crippen molar-refractivity contribution >= 4 is 11.6 Å². The van der Waals surface area contributed by atoms with E-state index in [-0.39, 0.29) is 0 Å². The van der Waals surface area contributed by atoms with Crippen molar-refractivity contribution in [1.29, 1.82) is 0 Å². The van der Waals surface area contributed by atoms with Gasteiger partial charge in [0, 0.05) is 17.5 Å². The molecule has 0 aromatic heterocycles. The van der Waals surface area contributed by atoms with Crippen molar-refractivity contribution in [3.8, 4) is 0 Å². The summed E-state index contributed by atoms with van der Waals surface area (Å²) in [5, 5.41) is 3.86. The van der Waals surface area contributed by atoms with Crippen molar-refractivity contribution in [1.82, 2.24) is 0 Å². The molecule has 2 N–H and O–H groups in total. The lowest BCUT2D eigenvalue weighted by molar-refractivity contribution is 0.1000. The van der Waals surface area contributed by atoms with Gasteiger partial charge in [-0.3, -0.25) is 4.79 Å². The highest BCUT2D eigenvalue weighted by Crippen LogP contribution is 2.15. The van der Waals surface area contributed by atoms with E-state index in [1.165, 1.54) is 0 Å². The molecule has 4 heteroatoms. The maximum Gasteiger partial charge on any atom is 0.249 e. The Morgan fingerprint density at radius 3 is 2.86 bits per heavy atom. The fourth-order valence-corrected chi connectivity index (χ4v) is 1.44. The summed E-state index contributed by atoms with van der Waals surface area (Å²) in [5.74, 6) is -0.435. The third-order valence-electron chi connectivity index (χ3n) is 2.11. The number of oxime groups is 1. The average Bonchev–Trinajstić information content (AvgIpc) is 2.70. The number of amides is 1. The van der Waals surface area contributed by atoms with E-state index in [0.717, 1.165) is 17.7 Å². The molecule has 1 aliphatic rings. The summed E-state index contributed by atoms with van der Waals surface area (Å²) in [5.41, 5.74) is 7.31. The van der Waals surface area contributed by atoms with E-state index >= 15 is 0 Å². The molecule has 1 amide bonds. The monoisotopic (exact) mass is 190 g/mol. The Bertz CT molecular complexity index is 399. The van der Waals surface area contributed by atoms with Crippen molar-refractivity contribution in [2.45, 2.75) is 6.42 Å². The molecule has 0 spiro atoms. The number of carbonyl (C=O) groups excluding carboxylic acids is 1. The van der Waals surface area contributed by atoms with Gasteiger partial charge in [0.1, 0.15) is 6.61 Å². The van der Waals surface area contributed by atoms with Crippen LogP contribution in [0.5, 0.6) is 0 Å². The smallest absolute Gasteiger partial charge is 0.249 e. The minimum atomic E-state index is -0.435. The molecule has 0 fully saturated rings. The molecule has 1 aromatic rings. The lowest BCUT2D eigenvalue weighted by atomic mass is 10.0. The molecule has 0 unspecified atom stereocenters. The first-order valence-corrected chi connectivity index (χ1v) is 4.37. The maximum absolute atomic E-state index is 11.1. The summed E-state index contributed by atoms with van der Waals surface area (Å²) in [6.45, 7) is 0.572. The largest absolute Gasteiger partial charge is 0.395 e. The average molecular weight is 190 g/mol. The minimum absolute atomic E-state index is 0.435. The molecular formula is C10H10N2O2. The predicted octanol–water partition coefficient (Wildman–Crippen LogP) is 0.910. The minimum Gasteiger partial charge on any atom is -0.395 e. The molecule has 72 valence electrons. The third-order valence-corrected chi connectivity index (χ3v) is 2.11. The van der Waals surface area contributed by atoms with Crippen molar-refractivity contribution < 1.29 is 9.63 Å². The van der Waals surface area contributed by atoms with Crippen LogP contribution < -0.4 is 5.73 Å². The van der Waals surface area contributed by atoms with Gasteiger partial charge in [-0.15, -0.1) is 0 Å². The molecule has 14 heavy (non-hydrogen) atoms. The zero-order valence-corrected chi connectivity index (χ0v) is 7.56. The van der Waals surface area contributed by atoms with E-state index in [1.54, 1.807) is 12.1 Å². The molecule has 0 saturated carbocycles. The van der Waals surface area contributed by atoms with Crippen LogP contribution in [0.1, 0.15) is 22.3 Å². The van der Waals surface area contributed by atoms with E-state index in [2.05, 4.69) is 5.16 Å². The standard InChI is InChI=1S/C10H10N2O2/c11-10(13)8-4-2-1-3-7(8)9-5-6-14-12-9/h1-4H,5-6H2,(H2,11,13). The zero-order chi connectivity index (χ0) is 9.97. The van der Waals surface area contributed by atoms with Gasteiger partial charge in [-0.05, 0) is 6.07 Å². The molecule has 1 aromatic carbocycles. The van der Waals surface area contributed by atoms with E-state index in [0.29, 0.717) is 12.2 Å². The van der Waals surface area contributed by atoms with Gasteiger partial charge in [0.25, 0.3) is 0 Å². The highest BCUT2D eigenvalue weighted by Gasteiger charge is 2.16. The normalized spacial score (nSPS) is 14.7. The van der Waals surface area contributed by atoms with E-state index < -0.39 is 5.91 Å². The van der Waals surface area contributed by atoms with E-state index in [1.807, 2.05) is 12.1 Å². The van der Waals surface area contributed by atoms with E-state index in [9.17, 15) is 4.79 Å². The molecule has 0 saturated heterocycles. The van der Waals surface area contributed by atoms with Crippen molar-refractivity contribution in [2.24, 2.45) is 10.9 Å².